The van der Waals surface area contributed by atoms with Gasteiger partial charge in [-0.2, -0.15) is 8.78 Å². The summed E-state index contributed by atoms with van der Waals surface area (Å²) in [5.74, 6) is -10.3. The molecular formula is C10H13F4NO5. The average molecular weight is 303 g/mol. The third-order valence-electron chi connectivity index (χ3n) is 1.90. The molecule has 0 aliphatic heterocycles. The average Bonchev–Trinajstić information content (AvgIpc) is 2.35. The first kappa shape index (κ1) is 18.1. The van der Waals surface area contributed by atoms with Crippen molar-refractivity contribution in [2.75, 3.05) is 13.2 Å². The second-order valence-corrected chi connectivity index (χ2v) is 3.33. The van der Waals surface area contributed by atoms with Gasteiger partial charge in [-0.3, -0.25) is 4.79 Å². The molecule has 0 bridgehead atoms. The molecule has 20 heavy (non-hydrogen) atoms. The van der Waals surface area contributed by atoms with Gasteiger partial charge in [0.05, 0.1) is 13.2 Å². The Hall–Kier alpha value is -1.87. The number of hydrogen-bond acceptors (Lipinski definition) is 5. The minimum atomic E-state index is -5.04. The van der Waals surface area contributed by atoms with Crippen LogP contribution in [0, 0.1) is 0 Å². The van der Waals surface area contributed by atoms with E-state index in [4.69, 9.17) is 0 Å². The van der Waals surface area contributed by atoms with Crippen LogP contribution in [0.15, 0.2) is 0 Å². The lowest BCUT2D eigenvalue weighted by Gasteiger charge is -2.19. The van der Waals surface area contributed by atoms with Crippen molar-refractivity contribution in [1.29, 1.82) is 0 Å². The Morgan fingerprint density at radius 2 is 1.45 bits per heavy atom. The van der Waals surface area contributed by atoms with Crippen molar-refractivity contribution in [2.24, 2.45) is 0 Å². The third-order valence-corrected chi connectivity index (χ3v) is 1.90. The van der Waals surface area contributed by atoms with Crippen molar-refractivity contribution in [3.63, 3.8) is 0 Å². The Balaban J connectivity index is 5.03. The number of alkyl halides is 4. The number of esters is 2. The number of rotatable bonds is 7. The molecule has 0 saturated carbocycles. The zero-order valence-electron chi connectivity index (χ0n) is 10.6. The van der Waals surface area contributed by atoms with Crippen molar-refractivity contribution in [3.05, 3.63) is 0 Å². The standard InChI is InChI=1S/C10H13F4NO5/c1-3-19-6(16)5(7(17)20-4-2)15-9(18)10(13,14)8(11)12/h5,8H,3-4H2,1-2H3,(H,15,18). The highest BCUT2D eigenvalue weighted by Gasteiger charge is 2.51. The van der Waals surface area contributed by atoms with Gasteiger partial charge >= 0.3 is 24.3 Å². The lowest BCUT2D eigenvalue weighted by Crippen LogP contribution is -2.55. The van der Waals surface area contributed by atoms with Gasteiger partial charge in [0.25, 0.3) is 5.91 Å². The first-order valence-corrected chi connectivity index (χ1v) is 5.48. The summed E-state index contributed by atoms with van der Waals surface area (Å²) in [7, 11) is 0. The topological polar surface area (TPSA) is 81.7 Å². The highest BCUT2D eigenvalue weighted by molar-refractivity contribution is 6.03. The van der Waals surface area contributed by atoms with E-state index in [1.165, 1.54) is 19.2 Å². The molecule has 0 aliphatic carbocycles. The molecule has 1 amide bonds. The Labute approximate surface area is 111 Å². The maximum absolute atomic E-state index is 12.7. The molecule has 0 saturated heterocycles. The minimum absolute atomic E-state index is 0.212. The van der Waals surface area contributed by atoms with Crippen LogP contribution in [0.25, 0.3) is 0 Å². The highest BCUT2D eigenvalue weighted by Crippen LogP contribution is 2.23. The Bertz CT molecular complexity index is 357. The molecule has 0 spiro atoms. The van der Waals surface area contributed by atoms with Crippen LogP contribution in [-0.4, -0.2) is 49.4 Å². The lowest BCUT2D eigenvalue weighted by atomic mass is 10.2. The molecule has 0 atom stereocenters. The van der Waals surface area contributed by atoms with Gasteiger partial charge in [0.2, 0.25) is 6.04 Å². The van der Waals surface area contributed by atoms with Crippen LogP contribution < -0.4 is 5.32 Å². The zero-order chi connectivity index (χ0) is 15.9. The molecule has 0 aromatic carbocycles. The molecule has 10 heteroatoms. The van der Waals surface area contributed by atoms with Crippen molar-refractivity contribution >= 4 is 17.8 Å². The number of carbonyl (C=O) groups excluding carboxylic acids is 3. The molecule has 6 nitrogen and oxygen atoms in total. The smallest absolute Gasteiger partial charge is 0.383 e. The van der Waals surface area contributed by atoms with E-state index in [0.717, 1.165) is 0 Å². The van der Waals surface area contributed by atoms with Crippen molar-refractivity contribution in [3.8, 4) is 0 Å². The van der Waals surface area contributed by atoms with E-state index in [9.17, 15) is 31.9 Å². The van der Waals surface area contributed by atoms with Crippen LogP contribution in [0.2, 0.25) is 0 Å². The molecule has 0 heterocycles. The molecule has 1 N–H and O–H groups in total. The summed E-state index contributed by atoms with van der Waals surface area (Å²) in [6.45, 7) is 2.29. The number of ether oxygens (including phenoxy) is 2. The van der Waals surface area contributed by atoms with E-state index < -0.39 is 36.2 Å². The van der Waals surface area contributed by atoms with Crippen molar-refractivity contribution in [1.82, 2.24) is 5.32 Å². The third kappa shape index (κ3) is 4.67. The summed E-state index contributed by atoms with van der Waals surface area (Å²) in [6, 6.07) is -2.23. The fraction of sp³-hybridized carbons (Fsp3) is 0.700. The van der Waals surface area contributed by atoms with Crippen LogP contribution in [0.1, 0.15) is 13.8 Å². The van der Waals surface area contributed by atoms with Gasteiger partial charge in [-0.25, -0.2) is 18.4 Å². The second-order valence-electron chi connectivity index (χ2n) is 3.33. The Morgan fingerprint density at radius 3 is 1.75 bits per heavy atom. The monoisotopic (exact) mass is 303 g/mol. The normalized spacial score (nSPS) is 11.4. The van der Waals surface area contributed by atoms with E-state index in [0.29, 0.717) is 0 Å². The lowest BCUT2D eigenvalue weighted by molar-refractivity contribution is -0.175. The number of nitrogens with one attached hydrogen (secondary N) is 1. The van der Waals surface area contributed by atoms with E-state index in [-0.39, 0.29) is 13.2 Å². The fourth-order valence-corrected chi connectivity index (χ4v) is 0.992. The van der Waals surface area contributed by atoms with Gasteiger partial charge < -0.3 is 14.8 Å². The van der Waals surface area contributed by atoms with Crippen LogP contribution in [0.3, 0.4) is 0 Å². The molecular weight excluding hydrogens is 290 g/mol. The van der Waals surface area contributed by atoms with Crippen molar-refractivity contribution < 1.29 is 41.4 Å². The number of amides is 1. The minimum Gasteiger partial charge on any atom is -0.464 e. The Morgan fingerprint density at radius 1 is 1.05 bits per heavy atom. The maximum Gasteiger partial charge on any atom is 0.383 e. The number of carbonyl (C=O) groups is 3. The first-order valence-electron chi connectivity index (χ1n) is 5.48. The predicted octanol–water partition coefficient (Wildman–Crippen LogP) is 0.498. The maximum atomic E-state index is 12.7. The quantitative estimate of drug-likeness (QED) is 0.421. The van der Waals surface area contributed by atoms with Gasteiger partial charge in [-0.15, -0.1) is 0 Å². The van der Waals surface area contributed by atoms with E-state index in [1.54, 1.807) is 0 Å². The van der Waals surface area contributed by atoms with E-state index >= 15 is 0 Å². The summed E-state index contributed by atoms with van der Waals surface area (Å²) in [4.78, 5) is 33.6. The molecule has 0 unspecified atom stereocenters. The molecule has 0 rings (SSSR count). The van der Waals surface area contributed by atoms with E-state index in [2.05, 4.69) is 9.47 Å². The van der Waals surface area contributed by atoms with Crippen LogP contribution >= 0.6 is 0 Å². The molecule has 0 fully saturated rings. The van der Waals surface area contributed by atoms with E-state index in [1.807, 2.05) is 0 Å². The second kappa shape index (κ2) is 7.65. The highest BCUT2D eigenvalue weighted by atomic mass is 19.3. The summed E-state index contributed by atoms with van der Waals surface area (Å²) < 4.78 is 58.1. The van der Waals surface area contributed by atoms with Gasteiger partial charge in [-0.05, 0) is 13.8 Å². The predicted molar refractivity (Wildman–Crippen MR) is 56.1 cm³/mol. The van der Waals surface area contributed by atoms with Gasteiger partial charge in [0, 0.05) is 0 Å². The van der Waals surface area contributed by atoms with Gasteiger partial charge in [-0.1, -0.05) is 0 Å². The first-order chi connectivity index (χ1) is 9.18. The van der Waals surface area contributed by atoms with Crippen LogP contribution in [0.5, 0.6) is 0 Å². The summed E-state index contributed by atoms with van der Waals surface area (Å²) in [5, 5.41) is 1.19. The fourth-order valence-electron chi connectivity index (χ4n) is 0.992. The van der Waals surface area contributed by atoms with Gasteiger partial charge in [0.15, 0.2) is 0 Å². The zero-order valence-corrected chi connectivity index (χ0v) is 10.6. The SMILES string of the molecule is CCOC(=O)C(NC(=O)C(F)(F)C(F)F)C(=O)OCC. The molecule has 0 radical (unpaired) electrons. The van der Waals surface area contributed by atoms with Gasteiger partial charge in [0.1, 0.15) is 0 Å². The van der Waals surface area contributed by atoms with Crippen LogP contribution in [-0.2, 0) is 23.9 Å². The van der Waals surface area contributed by atoms with Crippen molar-refractivity contribution in [2.45, 2.75) is 32.2 Å². The van der Waals surface area contributed by atoms with Crippen LogP contribution in [0.4, 0.5) is 17.6 Å². The summed E-state index contributed by atoms with van der Waals surface area (Å²) in [5.41, 5.74) is 0. The molecule has 0 aliphatic rings. The number of halogens is 4. The summed E-state index contributed by atoms with van der Waals surface area (Å²) >= 11 is 0. The Kier molecular flexibility index (Phi) is 6.94. The molecule has 0 aromatic rings. The number of hydrogen-bond donors (Lipinski definition) is 1. The summed E-state index contributed by atoms with van der Waals surface area (Å²) in [6.07, 6.45) is -4.28. The largest absolute Gasteiger partial charge is 0.464 e. The molecule has 116 valence electrons. The molecule has 0 aromatic heterocycles.